The van der Waals surface area contributed by atoms with Crippen molar-refractivity contribution < 1.29 is 23.6 Å². The van der Waals surface area contributed by atoms with Crippen molar-refractivity contribution in [3.8, 4) is 17.1 Å². The molecule has 12 heteroatoms. The van der Waals surface area contributed by atoms with Crippen LogP contribution in [-0.2, 0) is 9.53 Å². The van der Waals surface area contributed by atoms with Crippen LogP contribution in [0.25, 0.3) is 17.4 Å². The smallest absolute Gasteiger partial charge is 0.338 e. The lowest BCUT2D eigenvalue weighted by Crippen LogP contribution is -2.40. The molecule has 42 heavy (non-hydrogen) atoms. The highest BCUT2D eigenvalue weighted by molar-refractivity contribution is 9.10. The number of non-ortho nitro benzene ring substituents is 1. The predicted molar refractivity (Wildman–Crippen MR) is 161 cm³/mol. The van der Waals surface area contributed by atoms with Crippen molar-refractivity contribution in [1.82, 2.24) is 4.57 Å². The number of fused-ring (bicyclic) bond motifs is 1. The molecular formula is C30H26BrN3O7S. The van der Waals surface area contributed by atoms with Gasteiger partial charge in [0.25, 0.3) is 11.2 Å². The first-order chi connectivity index (χ1) is 20.1. The normalized spacial score (nSPS) is 15.0. The van der Waals surface area contributed by atoms with Crippen molar-refractivity contribution in [1.29, 1.82) is 0 Å². The highest BCUT2D eigenvalue weighted by atomic mass is 79.9. The number of hydrogen-bond donors (Lipinski definition) is 0. The van der Waals surface area contributed by atoms with E-state index in [0.717, 1.165) is 0 Å². The zero-order valence-electron chi connectivity index (χ0n) is 23.1. The van der Waals surface area contributed by atoms with E-state index in [0.29, 0.717) is 54.5 Å². The second-order valence-corrected chi connectivity index (χ2v) is 11.5. The maximum absolute atomic E-state index is 13.9. The summed E-state index contributed by atoms with van der Waals surface area (Å²) >= 11 is 4.55. The fraction of sp³-hybridized carbons (Fsp3) is 0.233. The van der Waals surface area contributed by atoms with Crippen molar-refractivity contribution in [2.45, 2.75) is 39.8 Å². The van der Waals surface area contributed by atoms with Gasteiger partial charge in [-0.05, 0) is 79.5 Å². The van der Waals surface area contributed by atoms with Gasteiger partial charge in [-0.25, -0.2) is 9.79 Å². The number of esters is 1. The molecule has 10 nitrogen and oxygen atoms in total. The van der Waals surface area contributed by atoms with Gasteiger partial charge in [0.1, 0.15) is 17.3 Å². The van der Waals surface area contributed by atoms with E-state index >= 15 is 0 Å². The summed E-state index contributed by atoms with van der Waals surface area (Å²) < 4.78 is 19.5. The number of furan rings is 1. The molecule has 1 aliphatic rings. The Labute approximate surface area is 252 Å². The van der Waals surface area contributed by atoms with Gasteiger partial charge in [0.2, 0.25) is 0 Å². The van der Waals surface area contributed by atoms with E-state index in [-0.39, 0.29) is 22.9 Å². The van der Waals surface area contributed by atoms with Crippen LogP contribution in [0.3, 0.4) is 0 Å². The van der Waals surface area contributed by atoms with Crippen molar-refractivity contribution in [3.05, 3.63) is 111 Å². The average Bonchev–Trinajstić information content (AvgIpc) is 3.52. The summed E-state index contributed by atoms with van der Waals surface area (Å²) in [5, 5.41) is 11.1. The third-order valence-corrected chi connectivity index (χ3v) is 8.06. The molecule has 0 saturated heterocycles. The number of nitro groups is 1. The first-order valence-electron chi connectivity index (χ1n) is 13.1. The van der Waals surface area contributed by atoms with Crippen LogP contribution in [0.1, 0.15) is 45.1 Å². The van der Waals surface area contributed by atoms with Gasteiger partial charge >= 0.3 is 5.97 Å². The number of allylic oxidation sites excluding steroid dienone is 1. The number of carbonyl (C=O) groups is 1. The first kappa shape index (κ1) is 29.2. The Bertz CT molecular complexity index is 1900. The number of rotatable bonds is 8. The molecule has 2 aromatic heterocycles. The molecule has 0 unspecified atom stereocenters. The second kappa shape index (κ2) is 11.9. The molecule has 2 aromatic carbocycles. The molecule has 0 saturated carbocycles. The van der Waals surface area contributed by atoms with E-state index in [1.165, 1.54) is 28.0 Å². The monoisotopic (exact) mass is 651 g/mol. The number of halogens is 1. The summed E-state index contributed by atoms with van der Waals surface area (Å²) in [4.78, 5) is 42.8. The van der Waals surface area contributed by atoms with Gasteiger partial charge in [-0.1, -0.05) is 23.5 Å². The van der Waals surface area contributed by atoms with Crippen LogP contribution < -0.4 is 19.6 Å². The number of thiazole rings is 1. The lowest BCUT2D eigenvalue weighted by molar-refractivity contribution is -0.384. The van der Waals surface area contributed by atoms with Crippen molar-refractivity contribution in [3.63, 3.8) is 0 Å². The standard InChI is InChI=1S/C30H26BrN3O7S/c1-5-39-20-9-6-18(7-10-20)27-26(29(36)40-16(2)3)17(4)32-30-33(27)28(35)25(42-30)15-21-11-13-24(41-21)22-12-8-19(34(37)38)14-23(22)31/h6-16,27H,5H2,1-4H3/b25-15+/t27-/m1/s1. The van der Waals surface area contributed by atoms with Crippen molar-refractivity contribution in [2.75, 3.05) is 6.61 Å². The van der Waals surface area contributed by atoms with Gasteiger partial charge in [0.15, 0.2) is 4.80 Å². The fourth-order valence-corrected chi connectivity index (χ4v) is 6.20. The molecule has 0 aliphatic carbocycles. The van der Waals surface area contributed by atoms with Crippen LogP contribution in [-0.4, -0.2) is 28.2 Å². The lowest BCUT2D eigenvalue weighted by Gasteiger charge is -2.25. The minimum atomic E-state index is -0.756. The predicted octanol–water partition coefficient (Wildman–Crippen LogP) is 5.52. The summed E-state index contributed by atoms with van der Waals surface area (Å²) in [5.74, 6) is 1.02. The molecule has 216 valence electrons. The molecule has 0 bridgehead atoms. The third kappa shape index (κ3) is 5.72. The maximum Gasteiger partial charge on any atom is 0.338 e. The molecule has 3 heterocycles. The average molecular weight is 653 g/mol. The minimum Gasteiger partial charge on any atom is -0.494 e. The molecule has 0 amide bonds. The van der Waals surface area contributed by atoms with Crippen LogP contribution >= 0.6 is 27.3 Å². The zero-order chi connectivity index (χ0) is 30.1. The number of carbonyl (C=O) groups excluding carboxylic acids is 1. The zero-order valence-corrected chi connectivity index (χ0v) is 25.5. The van der Waals surface area contributed by atoms with Gasteiger partial charge in [-0.15, -0.1) is 0 Å². The number of nitro benzene ring substituents is 1. The highest BCUT2D eigenvalue weighted by Gasteiger charge is 2.34. The number of hydrogen-bond acceptors (Lipinski definition) is 9. The van der Waals surface area contributed by atoms with Crippen LogP contribution in [0.4, 0.5) is 5.69 Å². The van der Waals surface area contributed by atoms with E-state index in [9.17, 15) is 19.7 Å². The molecule has 5 rings (SSSR count). The summed E-state index contributed by atoms with van der Waals surface area (Å²) in [6.45, 7) is 7.67. The second-order valence-electron chi connectivity index (χ2n) is 9.66. The quantitative estimate of drug-likeness (QED) is 0.140. The van der Waals surface area contributed by atoms with Crippen molar-refractivity contribution >= 4 is 45.0 Å². The Kier molecular flexibility index (Phi) is 8.28. The number of benzene rings is 2. The van der Waals surface area contributed by atoms with Gasteiger partial charge < -0.3 is 13.9 Å². The largest absolute Gasteiger partial charge is 0.494 e. The van der Waals surface area contributed by atoms with E-state index in [2.05, 4.69) is 20.9 Å². The van der Waals surface area contributed by atoms with E-state index in [4.69, 9.17) is 13.9 Å². The van der Waals surface area contributed by atoms with E-state index in [1.807, 2.05) is 19.1 Å². The van der Waals surface area contributed by atoms with Gasteiger partial charge in [-0.2, -0.15) is 0 Å². The number of ether oxygens (including phenoxy) is 2. The molecule has 4 aromatic rings. The molecule has 1 atom stereocenters. The minimum absolute atomic E-state index is 0.0486. The van der Waals surface area contributed by atoms with Crippen molar-refractivity contribution in [2.24, 2.45) is 4.99 Å². The van der Waals surface area contributed by atoms with Crippen LogP contribution in [0.2, 0.25) is 0 Å². The SMILES string of the molecule is CCOc1ccc([C@@H]2C(C(=O)OC(C)C)=C(C)N=c3s/c(=C/c4ccc(-c5ccc([N+](=O)[O-])cc5Br)o4)c(=O)n32)cc1. The Morgan fingerprint density at radius 2 is 1.95 bits per heavy atom. The summed E-state index contributed by atoms with van der Waals surface area (Å²) in [6, 6.07) is 14.3. The van der Waals surface area contributed by atoms with Crippen LogP contribution in [0.5, 0.6) is 5.75 Å². The maximum atomic E-state index is 13.9. The molecule has 1 aliphatic heterocycles. The highest BCUT2D eigenvalue weighted by Crippen LogP contribution is 2.34. The molecule has 0 N–H and O–H groups in total. The van der Waals surface area contributed by atoms with E-state index in [1.54, 1.807) is 57.2 Å². The van der Waals surface area contributed by atoms with E-state index < -0.39 is 16.9 Å². The Morgan fingerprint density at radius 1 is 1.21 bits per heavy atom. The summed E-state index contributed by atoms with van der Waals surface area (Å²) in [6.07, 6.45) is 1.26. The summed E-state index contributed by atoms with van der Waals surface area (Å²) in [5.41, 5.74) is 1.70. The molecule has 0 radical (unpaired) electrons. The first-order valence-corrected chi connectivity index (χ1v) is 14.7. The Hall–Kier alpha value is -4.29. The Balaban J connectivity index is 1.59. The van der Waals surface area contributed by atoms with Gasteiger partial charge in [-0.3, -0.25) is 19.5 Å². The number of aromatic nitrogens is 1. The number of nitrogens with zero attached hydrogens (tertiary/aromatic N) is 3. The fourth-order valence-electron chi connectivity index (χ4n) is 4.61. The van der Waals surface area contributed by atoms with Gasteiger partial charge in [0.05, 0.1) is 39.5 Å². The Morgan fingerprint density at radius 3 is 2.60 bits per heavy atom. The summed E-state index contributed by atoms with van der Waals surface area (Å²) in [7, 11) is 0. The molecule has 0 fully saturated rings. The topological polar surface area (TPSA) is 126 Å². The third-order valence-electron chi connectivity index (χ3n) is 6.42. The molecular weight excluding hydrogens is 626 g/mol. The van der Waals surface area contributed by atoms with Crippen LogP contribution in [0.15, 0.2) is 84.5 Å². The molecule has 0 spiro atoms. The lowest BCUT2D eigenvalue weighted by atomic mass is 9.96. The van der Waals surface area contributed by atoms with Crippen LogP contribution in [0, 0.1) is 10.1 Å². The van der Waals surface area contributed by atoms with Gasteiger partial charge in [0, 0.05) is 28.2 Å².